The number of carbonyl (C=O) groups is 2. The number of sulfonamides is 1. The van der Waals surface area contributed by atoms with E-state index in [1.165, 1.54) is 10.6 Å². The lowest BCUT2D eigenvalue weighted by molar-refractivity contribution is 0.0474. The van der Waals surface area contributed by atoms with Gasteiger partial charge in [-0.05, 0) is 60.7 Å². The highest BCUT2D eigenvalue weighted by Gasteiger charge is 2.24. The van der Waals surface area contributed by atoms with Crippen molar-refractivity contribution < 1.29 is 22.7 Å². The maximum Gasteiger partial charge on any atom is 0.338 e. The summed E-state index contributed by atoms with van der Waals surface area (Å²) >= 11 is 0. The van der Waals surface area contributed by atoms with Gasteiger partial charge in [0.25, 0.3) is 0 Å². The molecule has 2 aromatic rings. The average molecular weight is 401 g/mol. The van der Waals surface area contributed by atoms with E-state index in [2.05, 4.69) is 0 Å². The third kappa shape index (κ3) is 4.42. The highest BCUT2D eigenvalue weighted by molar-refractivity contribution is 7.92. The summed E-state index contributed by atoms with van der Waals surface area (Å²) in [6, 6.07) is 12.0. The Morgan fingerprint density at radius 2 is 1.75 bits per heavy atom. The lowest BCUT2D eigenvalue weighted by atomic mass is 9.99. The molecule has 6 nitrogen and oxygen atoms in total. The van der Waals surface area contributed by atoms with Gasteiger partial charge in [-0.25, -0.2) is 13.2 Å². The molecule has 148 valence electrons. The summed E-state index contributed by atoms with van der Waals surface area (Å²) in [6.07, 6.45) is 3.45. The first kappa shape index (κ1) is 20.1. The van der Waals surface area contributed by atoms with Crippen LogP contribution in [0.1, 0.15) is 45.2 Å². The van der Waals surface area contributed by atoms with Gasteiger partial charge in [-0.1, -0.05) is 19.1 Å². The molecule has 0 saturated carbocycles. The van der Waals surface area contributed by atoms with Gasteiger partial charge >= 0.3 is 5.97 Å². The van der Waals surface area contributed by atoms with Crippen molar-refractivity contribution >= 4 is 27.5 Å². The Morgan fingerprint density at radius 1 is 1.07 bits per heavy atom. The molecule has 1 heterocycles. The van der Waals surface area contributed by atoms with Crippen LogP contribution in [0.15, 0.2) is 42.5 Å². The van der Waals surface area contributed by atoms with Gasteiger partial charge in [-0.3, -0.25) is 9.10 Å². The molecule has 0 saturated heterocycles. The number of hydrogen-bond acceptors (Lipinski definition) is 5. The number of benzene rings is 2. The normalized spacial score (nSPS) is 13.7. The topological polar surface area (TPSA) is 80.8 Å². The number of esters is 1. The molecule has 0 spiro atoms. The van der Waals surface area contributed by atoms with Crippen LogP contribution in [0.25, 0.3) is 0 Å². The van der Waals surface area contributed by atoms with E-state index in [4.69, 9.17) is 4.74 Å². The van der Waals surface area contributed by atoms with Gasteiger partial charge in [-0.2, -0.15) is 0 Å². The first-order valence-electron chi connectivity index (χ1n) is 9.19. The van der Waals surface area contributed by atoms with Crippen molar-refractivity contribution in [2.24, 2.45) is 0 Å². The standard InChI is InChI=1S/C21H23NO5S/c1-3-15-6-8-16(9-7-15)21(24)27-14-20(23)18-10-11-19-17(13-18)5-4-12-22(19)28(2,25)26/h6-11,13H,3-5,12,14H2,1-2H3. The molecule has 0 unspecified atom stereocenters. The van der Waals surface area contributed by atoms with Crippen LogP contribution in [0.2, 0.25) is 0 Å². The van der Waals surface area contributed by atoms with Gasteiger partial charge < -0.3 is 4.74 Å². The SMILES string of the molecule is CCc1ccc(C(=O)OCC(=O)c2ccc3c(c2)CCCN3S(C)(=O)=O)cc1. The van der Waals surface area contributed by atoms with Crippen LogP contribution < -0.4 is 4.31 Å². The fraction of sp³-hybridized carbons (Fsp3) is 0.333. The zero-order valence-electron chi connectivity index (χ0n) is 16.0. The van der Waals surface area contributed by atoms with E-state index in [1.54, 1.807) is 30.3 Å². The molecule has 1 aliphatic heterocycles. The van der Waals surface area contributed by atoms with Crippen LogP contribution in [-0.4, -0.2) is 39.6 Å². The highest BCUT2D eigenvalue weighted by atomic mass is 32.2. The molecule has 3 rings (SSSR count). The van der Waals surface area contributed by atoms with Crippen LogP contribution >= 0.6 is 0 Å². The Balaban J connectivity index is 1.68. The van der Waals surface area contributed by atoms with Crippen LogP contribution in [0.3, 0.4) is 0 Å². The summed E-state index contributed by atoms with van der Waals surface area (Å²) in [5.41, 5.74) is 3.34. The average Bonchev–Trinajstić information content (AvgIpc) is 2.70. The summed E-state index contributed by atoms with van der Waals surface area (Å²) in [4.78, 5) is 24.6. The second-order valence-corrected chi connectivity index (χ2v) is 8.74. The summed E-state index contributed by atoms with van der Waals surface area (Å²) < 4.78 is 30.3. The number of nitrogens with zero attached hydrogens (tertiary/aromatic N) is 1. The number of anilines is 1. The van der Waals surface area contributed by atoms with E-state index in [9.17, 15) is 18.0 Å². The van der Waals surface area contributed by atoms with E-state index < -0.39 is 16.0 Å². The van der Waals surface area contributed by atoms with Gasteiger partial charge in [0.05, 0.1) is 17.5 Å². The zero-order chi connectivity index (χ0) is 20.3. The van der Waals surface area contributed by atoms with Gasteiger partial charge in [-0.15, -0.1) is 0 Å². The lowest BCUT2D eigenvalue weighted by Gasteiger charge is -2.29. The van der Waals surface area contributed by atoms with Crippen molar-refractivity contribution in [3.8, 4) is 0 Å². The number of ketones is 1. The van der Waals surface area contributed by atoms with E-state index in [1.807, 2.05) is 19.1 Å². The van der Waals surface area contributed by atoms with Crippen molar-refractivity contribution in [3.05, 3.63) is 64.7 Å². The Morgan fingerprint density at radius 3 is 2.39 bits per heavy atom. The molecule has 28 heavy (non-hydrogen) atoms. The van der Waals surface area contributed by atoms with E-state index in [0.29, 0.717) is 36.2 Å². The molecule has 0 aliphatic carbocycles. The van der Waals surface area contributed by atoms with Gasteiger partial charge in [0.15, 0.2) is 12.4 Å². The first-order chi connectivity index (χ1) is 13.3. The Kier molecular flexibility index (Phi) is 5.84. The number of fused-ring (bicyclic) bond motifs is 1. The molecule has 0 radical (unpaired) electrons. The van der Waals surface area contributed by atoms with Crippen LogP contribution in [0, 0.1) is 0 Å². The van der Waals surface area contributed by atoms with Crippen molar-refractivity contribution in [1.82, 2.24) is 0 Å². The third-order valence-electron chi connectivity index (χ3n) is 4.81. The summed E-state index contributed by atoms with van der Waals surface area (Å²) in [6.45, 7) is 2.11. The quantitative estimate of drug-likeness (QED) is 0.549. The largest absolute Gasteiger partial charge is 0.454 e. The Labute approximate surface area is 165 Å². The molecule has 7 heteroatoms. The molecule has 0 atom stereocenters. The van der Waals surface area contributed by atoms with Crippen LogP contribution in [-0.2, 0) is 27.6 Å². The first-order valence-corrected chi connectivity index (χ1v) is 11.0. The Bertz CT molecular complexity index is 996. The third-order valence-corrected chi connectivity index (χ3v) is 5.99. The number of ether oxygens (including phenoxy) is 1. The molecular formula is C21H23NO5S. The van der Waals surface area contributed by atoms with Crippen molar-refractivity contribution in [3.63, 3.8) is 0 Å². The maximum atomic E-state index is 12.4. The second kappa shape index (κ2) is 8.14. The monoisotopic (exact) mass is 401 g/mol. The Hall–Kier alpha value is -2.67. The van der Waals surface area contributed by atoms with Crippen molar-refractivity contribution in [1.29, 1.82) is 0 Å². The van der Waals surface area contributed by atoms with Gasteiger partial charge in [0, 0.05) is 12.1 Å². The number of carbonyl (C=O) groups excluding carboxylic acids is 2. The van der Waals surface area contributed by atoms with Crippen molar-refractivity contribution in [2.75, 3.05) is 23.7 Å². The van der Waals surface area contributed by atoms with E-state index >= 15 is 0 Å². The molecule has 2 aromatic carbocycles. The lowest BCUT2D eigenvalue weighted by Crippen LogP contribution is -2.34. The minimum absolute atomic E-state index is 0.321. The minimum atomic E-state index is -3.35. The minimum Gasteiger partial charge on any atom is -0.454 e. The van der Waals surface area contributed by atoms with E-state index in [0.717, 1.165) is 17.5 Å². The molecule has 0 fully saturated rings. The van der Waals surface area contributed by atoms with Gasteiger partial charge in [0.1, 0.15) is 0 Å². The second-order valence-electron chi connectivity index (χ2n) is 6.83. The fourth-order valence-electron chi connectivity index (χ4n) is 3.25. The predicted octanol–water partition coefficient (Wildman–Crippen LogP) is 3.00. The van der Waals surface area contributed by atoms with Gasteiger partial charge in [0.2, 0.25) is 10.0 Å². The fourth-order valence-corrected chi connectivity index (χ4v) is 4.25. The summed E-state index contributed by atoms with van der Waals surface area (Å²) in [5, 5.41) is 0. The maximum absolute atomic E-state index is 12.4. The molecule has 0 bridgehead atoms. The molecule has 0 N–H and O–H groups in total. The van der Waals surface area contributed by atoms with E-state index in [-0.39, 0.29) is 12.4 Å². The summed E-state index contributed by atoms with van der Waals surface area (Å²) in [5.74, 6) is -0.866. The molecular weight excluding hydrogens is 378 g/mol. The number of hydrogen-bond donors (Lipinski definition) is 0. The zero-order valence-corrected chi connectivity index (χ0v) is 16.8. The van der Waals surface area contributed by atoms with Crippen LogP contribution in [0.5, 0.6) is 0 Å². The molecule has 1 aliphatic rings. The molecule has 0 amide bonds. The molecule has 0 aromatic heterocycles. The van der Waals surface area contributed by atoms with Crippen molar-refractivity contribution in [2.45, 2.75) is 26.2 Å². The number of Topliss-reactive ketones (excluding diaryl/α,β-unsaturated/α-hetero) is 1. The highest BCUT2D eigenvalue weighted by Crippen LogP contribution is 2.30. The number of aryl methyl sites for hydroxylation is 2. The predicted molar refractivity (Wildman–Crippen MR) is 107 cm³/mol. The van der Waals surface area contributed by atoms with Crippen LogP contribution in [0.4, 0.5) is 5.69 Å². The smallest absolute Gasteiger partial charge is 0.338 e. The summed E-state index contributed by atoms with van der Waals surface area (Å²) in [7, 11) is -3.35. The number of rotatable bonds is 6.